The third-order valence-electron chi connectivity index (χ3n) is 2.31. The molecule has 0 saturated carbocycles. The van der Waals surface area contributed by atoms with Crippen LogP contribution in [0, 0.1) is 6.92 Å². The molecule has 0 aliphatic heterocycles. The molecule has 0 atom stereocenters. The van der Waals surface area contributed by atoms with E-state index in [0.29, 0.717) is 11.5 Å². The number of rotatable bonds is 4. The normalized spacial score (nSPS) is 10.0. The first-order valence-electron chi connectivity index (χ1n) is 5.55. The summed E-state index contributed by atoms with van der Waals surface area (Å²) < 4.78 is 0. The Labute approximate surface area is 109 Å². The van der Waals surface area contributed by atoms with Gasteiger partial charge in [-0.15, -0.1) is 10.2 Å². The summed E-state index contributed by atoms with van der Waals surface area (Å²) in [6, 6.07) is 3.09. The van der Waals surface area contributed by atoms with Gasteiger partial charge in [0.25, 0.3) is 5.91 Å². The molecule has 0 radical (unpaired) electrons. The molecule has 98 valence electrons. The van der Waals surface area contributed by atoms with E-state index in [1.165, 1.54) is 6.07 Å². The van der Waals surface area contributed by atoms with Gasteiger partial charge in [-0.25, -0.2) is 5.84 Å². The van der Waals surface area contributed by atoms with E-state index in [1.807, 2.05) is 6.92 Å². The van der Waals surface area contributed by atoms with Crippen molar-refractivity contribution in [3.05, 3.63) is 41.6 Å². The zero-order valence-electron chi connectivity index (χ0n) is 10.3. The fourth-order valence-corrected chi connectivity index (χ4v) is 1.30. The summed E-state index contributed by atoms with van der Waals surface area (Å²) in [5.74, 6) is 5.21. The monoisotopic (exact) mass is 259 g/mol. The standard InChI is InChI=1S/C11H13N7O/c1-7-4-14-8(5-13-7)6-15-11(19)9-2-3-10(16-12)18-17-9/h2-5H,6,12H2,1H3,(H,15,19)(H,16,18). The Kier molecular flexibility index (Phi) is 3.94. The highest BCUT2D eigenvalue weighted by atomic mass is 16.1. The molecule has 2 rings (SSSR count). The maximum atomic E-state index is 11.8. The van der Waals surface area contributed by atoms with Crippen LogP contribution in [0.4, 0.5) is 5.82 Å². The van der Waals surface area contributed by atoms with E-state index in [4.69, 9.17) is 5.84 Å². The first kappa shape index (κ1) is 12.8. The fraction of sp³-hybridized carbons (Fsp3) is 0.182. The molecule has 2 aromatic rings. The summed E-state index contributed by atoms with van der Waals surface area (Å²) in [6.07, 6.45) is 3.26. The van der Waals surface area contributed by atoms with Crippen LogP contribution in [-0.2, 0) is 6.54 Å². The van der Waals surface area contributed by atoms with Crippen molar-refractivity contribution in [2.75, 3.05) is 5.43 Å². The summed E-state index contributed by atoms with van der Waals surface area (Å²) in [5.41, 5.74) is 4.04. The highest BCUT2D eigenvalue weighted by molar-refractivity contribution is 5.92. The number of nitrogens with two attached hydrogens (primary N) is 1. The number of hydrogen-bond donors (Lipinski definition) is 3. The molecule has 8 nitrogen and oxygen atoms in total. The van der Waals surface area contributed by atoms with Crippen LogP contribution >= 0.6 is 0 Å². The number of anilines is 1. The highest BCUT2D eigenvalue weighted by Crippen LogP contribution is 2.00. The van der Waals surface area contributed by atoms with E-state index in [1.54, 1.807) is 18.5 Å². The van der Waals surface area contributed by atoms with Gasteiger partial charge in [0, 0.05) is 6.20 Å². The Morgan fingerprint density at radius 3 is 2.68 bits per heavy atom. The lowest BCUT2D eigenvalue weighted by Gasteiger charge is -2.04. The molecular weight excluding hydrogens is 246 g/mol. The van der Waals surface area contributed by atoms with E-state index in [9.17, 15) is 4.79 Å². The minimum Gasteiger partial charge on any atom is -0.345 e. The third-order valence-corrected chi connectivity index (χ3v) is 2.31. The van der Waals surface area contributed by atoms with Crippen molar-refractivity contribution in [1.82, 2.24) is 25.5 Å². The number of nitrogens with one attached hydrogen (secondary N) is 2. The van der Waals surface area contributed by atoms with Gasteiger partial charge in [-0.2, -0.15) is 0 Å². The van der Waals surface area contributed by atoms with E-state index >= 15 is 0 Å². The first-order chi connectivity index (χ1) is 9.19. The Morgan fingerprint density at radius 2 is 2.11 bits per heavy atom. The lowest BCUT2D eigenvalue weighted by atomic mass is 10.3. The second-order valence-electron chi connectivity index (χ2n) is 3.78. The number of aromatic nitrogens is 4. The van der Waals surface area contributed by atoms with Crippen LogP contribution in [0.5, 0.6) is 0 Å². The van der Waals surface area contributed by atoms with Gasteiger partial charge >= 0.3 is 0 Å². The summed E-state index contributed by atoms with van der Waals surface area (Å²) in [6.45, 7) is 2.13. The fourth-order valence-electron chi connectivity index (χ4n) is 1.30. The van der Waals surface area contributed by atoms with Crippen LogP contribution in [0.25, 0.3) is 0 Å². The van der Waals surface area contributed by atoms with Gasteiger partial charge in [-0.3, -0.25) is 14.8 Å². The number of nitrogens with zero attached hydrogens (tertiary/aromatic N) is 4. The first-order valence-corrected chi connectivity index (χ1v) is 5.55. The van der Waals surface area contributed by atoms with Crippen molar-refractivity contribution in [3.63, 3.8) is 0 Å². The number of hydrazine groups is 1. The molecule has 8 heteroatoms. The maximum Gasteiger partial charge on any atom is 0.272 e. The molecule has 0 unspecified atom stereocenters. The molecule has 0 bridgehead atoms. The second-order valence-corrected chi connectivity index (χ2v) is 3.78. The average Bonchev–Trinajstić information content (AvgIpc) is 2.46. The molecule has 0 aliphatic carbocycles. The predicted molar refractivity (Wildman–Crippen MR) is 67.8 cm³/mol. The van der Waals surface area contributed by atoms with Crippen molar-refractivity contribution in [2.24, 2.45) is 5.84 Å². The van der Waals surface area contributed by atoms with Crippen LogP contribution in [0.1, 0.15) is 21.9 Å². The van der Waals surface area contributed by atoms with Gasteiger partial charge in [0.1, 0.15) is 0 Å². The largest absolute Gasteiger partial charge is 0.345 e. The van der Waals surface area contributed by atoms with Gasteiger partial charge in [0.05, 0.1) is 24.1 Å². The molecule has 0 spiro atoms. The van der Waals surface area contributed by atoms with Crippen LogP contribution < -0.4 is 16.6 Å². The summed E-state index contributed by atoms with van der Waals surface area (Å²) >= 11 is 0. The van der Waals surface area contributed by atoms with Crippen LogP contribution in [0.2, 0.25) is 0 Å². The van der Waals surface area contributed by atoms with Crippen LogP contribution in [0.3, 0.4) is 0 Å². The maximum absolute atomic E-state index is 11.8. The molecule has 4 N–H and O–H groups in total. The number of aryl methyl sites for hydroxylation is 1. The van der Waals surface area contributed by atoms with Gasteiger partial charge in [-0.05, 0) is 19.1 Å². The van der Waals surface area contributed by atoms with Crippen molar-refractivity contribution in [3.8, 4) is 0 Å². The zero-order valence-corrected chi connectivity index (χ0v) is 10.3. The Balaban J connectivity index is 1.95. The van der Waals surface area contributed by atoms with Crippen molar-refractivity contribution < 1.29 is 4.79 Å². The van der Waals surface area contributed by atoms with Gasteiger partial charge in [0.15, 0.2) is 11.5 Å². The quantitative estimate of drug-likeness (QED) is 0.513. The molecule has 0 saturated heterocycles. The van der Waals surface area contributed by atoms with Crippen LogP contribution in [-0.4, -0.2) is 26.1 Å². The number of nitrogen functional groups attached to an aromatic ring is 1. The second kappa shape index (κ2) is 5.83. The van der Waals surface area contributed by atoms with Crippen molar-refractivity contribution in [2.45, 2.75) is 13.5 Å². The Morgan fingerprint density at radius 1 is 1.26 bits per heavy atom. The molecule has 0 aliphatic rings. The Bertz CT molecular complexity index is 552. The summed E-state index contributed by atoms with van der Waals surface area (Å²) in [4.78, 5) is 20.0. The molecular formula is C11H13N7O. The molecule has 2 aromatic heterocycles. The van der Waals surface area contributed by atoms with Crippen molar-refractivity contribution >= 4 is 11.7 Å². The van der Waals surface area contributed by atoms with E-state index in [-0.39, 0.29) is 18.1 Å². The SMILES string of the molecule is Cc1cnc(CNC(=O)c2ccc(NN)nn2)cn1. The number of carbonyl (C=O) groups is 1. The summed E-state index contributed by atoms with van der Waals surface area (Å²) in [7, 11) is 0. The molecule has 0 fully saturated rings. The average molecular weight is 259 g/mol. The van der Waals surface area contributed by atoms with E-state index in [2.05, 4.69) is 30.9 Å². The van der Waals surface area contributed by atoms with E-state index in [0.717, 1.165) is 5.69 Å². The molecule has 0 aromatic carbocycles. The zero-order chi connectivity index (χ0) is 13.7. The minimum atomic E-state index is -0.335. The number of carbonyl (C=O) groups excluding carboxylic acids is 1. The third kappa shape index (κ3) is 3.42. The summed E-state index contributed by atoms with van der Waals surface area (Å²) in [5, 5.41) is 10.1. The molecule has 2 heterocycles. The molecule has 1 amide bonds. The lowest BCUT2D eigenvalue weighted by Crippen LogP contribution is -2.25. The van der Waals surface area contributed by atoms with Gasteiger partial charge in [-0.1, -0.05) is 0 Å². The van der Waals surface area contributed by atoms with Gasteiger partial charge in [0.2, 0.25) is 0 Å². The van der Waals surface area contributed by atoms with E-state index < -0.39 is 0 Å². The highest BCUT2D eigenvalue weighted by Gasteiger charge is 2.08. The number of hydrogen-bond acceptors (Lipinski definition) is 7. The Hall–Kier alpha value is -2.61. The predicted octanol–water partition coefficient (Wildman–Crippen LogP) is -0.209. The topological polar surface area (TPSA) is 119 Å². The lowest BCUT2D eigenvalue weighted by molar-refractivity contribution is 0.0944. The van der Waals surface area contributed by atoms with Gasteiger partial charge < -0.3 is 10.7 Å². The van der Waals surface area contributed by atoms with Crippen LogP contribution in [0.15, 0.2) is 24.5 Å². The smallest absolute Gasteiger partial charge is 0.272 e. The molecule has 19 heavy (non-hydrogen) atoms. The number of amides is 1. The van der Waals surface area contributed by atoms with Crippen molar-refractivity contribution in [1.29, 1.82) is 0 Å². The minimum absolute atomic E-state index is 0.207.